The Hall–Kier alpha value is -3.71. The predicted molar refractivity (Wildman–Crippen MR) is 119 cm³/mol. The molecule has 7 heteroatoms. The van der Waals surface area contributed by atoms with Crippen molar-refractivity contribution in [3.05, 3.63) is 94.3 Å². The largest absolute Gasteiger partial charge is 0.489 e. The van der Waals surface area contributed by atoms with Crippen molar-refractivity contribution in [3.63, 3.8) is 0 Å². The highest BCUT2D eigenvalue weighted by Gasteiger charge is 2.11. The molecule has 30 heavy (non-hydrogen) atoms. The van der Waals surface area contributed by atoms with Gasteiger partial charge in [-0.1, -0.05) is 48.5 Å². The molecular formula is C23H20N4O2S. The van der Waals surface area contributed by atoms with E-state index in [9.17, 15) is 4.79 Å². The van der Waals surface area contributed by atoms with Crippen LogP contribution >= 0.6 is 11.3 Å². The third-order valence-corrected chi connectivity index (χ3v) is 5.38. The zero-order valence-corrected chi connectivity index (χ0v) is 17.1. The Labute approximate surface area is 178 Å². The number of hydrogen-bond donors (Lipinski definition) is 2. The molecule has 2 N–H and O–H groups in total. The molecule has 150 valence electrons. The van der Waals surface area contributed by atoms with E-state index in [0.717, 1.165) is 27.5 Å². The highest BCUT2D eigenvalue weighted by Crippen LogP contribution is 2.23. The van der Waals surface area contributed by atoms with Gasteiger partial charge in [-0.15, -0.1) is 11.3 Å². The van der Waals surface area contributed by atoms with Crippen molar-refractivity contribution < 1.29 is 9.53 Å². The molecule has 0 aliphatic heterocycles. The fraction of sp³-hybridized carbons (Fsp3) is 0.0870. The van der Waals surface area contributed by atoms with Crippen molar-refractivity contribution in [2.45, 2.75) is 13.5 Å². The highest BCUT2D eigenvalue weighted by molar-refractivity contribution is 7.12. The number of benzene rings is 2. The van der Waals surface area contributed by atoms with E-state index >= 15 is 0 Å². The van der Waals surface area contributed by atoms with Crippen molar-refractivity contribution >= 4 is 23.0 Å². The summed E-state index contributed by atoms with van der Waals surface area (Å²) < 4.78 is 5.87. The quantitative estimate of drug-likeness (QED) is 0.333. The van der Waals surface area contributed by atoms with Crippen LogP contribution in [-0.2, 0) is 6.61 Å². The number of nitrogens with zero attached hydrogens (tertiary/aromatic N) is 2. The second-order valence-corrected chi connectivity index (χ2v) is 7.53. The number of amides is 1. The average Bonchev–Trinajstić information content (AvgIpc) is 3.49. The number of aromatic nitrogens is 2. The standard InChI is InChI=1S/C23H20N4O2S/c1-16(22-11-6-12-30-22)24-27-23(28)21-14-20(25-26-21)18-9-5-10-19(13-18)29-15-17-7-3-2-4-8-17/h2-14H,15H2,1H3,(H,25,26)(H,27,28)/b24-16+. The van der Waals surface area contributed by atoms with Gasteiger partial charge in [0.15, 0.2) is 0 Å². The van der Waals surface area contributed by atoms with Crippen LogP contribution in [0, 0.1) is 0 Å². The zero-order chi connectivity index (χ0) is 20.8. The van der Waals surface area contributed by atoms with Gasteiger partial charge in [-0.25, -0.2) is 5.43 Å². The molecule has 0 fully saturated rings. The lowest BCUT2D eigenvalue weighted by Gasteiger charge is -2.07. The van der Waals surface area contributed by atoms with E-state index in [1.54, 1.807) is 17.4 Å². The first-order chi connectivity index (χ1) is 14.7. The smallest absolute Gasteiger partial charge is 0.289 e. The number of rotatable bonds is 7. The first-order valence-electron chi connectivity index (χ1n) is 9.40. The molecule has 2 aromatic carbocycles. The van der Waals surface area contributed by atoms with Gasteiger partial charge in [0.05, 0.1) is 11.4 Å². The number of thiophene rings is 1. The minimum atomic E-state index is -0.346. The first-order valence-corrected chi connectivity index (χ1v) is 10.3. The molecule has 2 aromatic heterocycles. The van der Waals surface area contributed by atoms with Crippen LogP contribution in [-0.4, -0.2) is 21.8 Å². The Kier molecular flexibility index (Phi) is 6.01. The van der Waals surface area contributed by atoms with E-state index in [2.05, 4.69) is 20.7 Å². The van der Waals surface area contributed by atoms with Gasteiger partial charge in [-0.3, -0.25) is 9.89 Å². The first kappa shape index (κ1) is 19.6. The average molecular weight is 417 g/mol. The number of nitrogens with one attached hydrogen (secondary N) is 2. The maximum atomic E-state index is 12.4. The lowest BCUT2D eigenvalue weighted by Crippen LogP contribution is -2.19. The van der Waals surface area contributed by atoms with Gasteiger partial charge >= 0.3 is 0 Å². The third kappa shape index (κ3) is 4.82. The molecule has 1 amide bonds. The SMILES string of the molecule is C/C(=N\NC(=O)c1cc(-c2cccc(OCc3ccccc3)c2)n[nH]1)c1cccs1. The molecule has 4 aromatic rings. The molecule has 0 saturated heterocycles. The van der Waals surface area contributed by atoms with Crippen molar-refractivity contribution in [2.75, 3.05) is 0 Å². The lowest BCUT2D eigenvalue weighted by molar-refractivity contribution is 0.0950. The van der Waals surface area contributed by atoms with Crippen LogP contribution in [0.15, 0.2) is 83.3 Å². The molecule has 0 spiro atoms. The van der Waals surface area contributed by atoms with Gasteiger partial charge in [0.25, 0.3) is 5.91 Å². The normalized spacial score (nSPS) is 11.3. The van der Waals surface area contributed by atoms with Gasteiger partial charge in [0.2, 0.25) is 0 Å². The van der Waals surface area contributed by atoms with E-state index in [0.29, 0.717) is 18.0 Å². The van der Waals surface area contributed by atoms with Crippen LogP contribution in [0.2, 0.25) is 0 Å². The van der Waals surface area contributed by atoms with E-state index in [4.69, 9.17) is 4.74 Å². The van der Waals surface area contributed by atoms with Crippen LogP contribution in [0.25, 0.3) is 11.3 Å². The number of hydrogen-bond acceptors (Lipinski definition) is 5. The van der Waals surface area contributed by atoms with E-state index in [-0.39, 0.29) is 5.91 Å². The van der Waals surface area contributed by atoms with Gasteiger partial charge in [-0.2, -0.15) is 10.2 Å². The predicted octanol–water partition coefficient (Wildman–Crippen LogP) is 4.87. The number of hydrazone groups is 1. The summed E-state index contributed by atoms with van der Waals surface area (Å²) in [4.78, 5) is 13.4. The number of carbonyl (C=O) groups excluding carboxylic acids is 1. The summed E-state index contributed by atoms with van der Waals surface area (Å²) in [5.74, 6) is 0.391. The molecule has 0 atom stereocenters. The molecule has 2 heterocycles. The van der Waals surface area contributed by atoms with Crippen molar-refractivity contribution in [2.24, 2.45) is 5.10 Å². The molecule has 6 nitrogen and oxygen atoms in total. The Balaban J connectivity index is 1.42. The summed E-state index contributed by atoms with van der Waals surface area (Å²) in [6.45, 7) is 2.34. The summed E-state index contributed by atoms with van der Waals surface area (Å²) in [6, 6.07) is 23.2. The Morgan fingerprint density at radius 2 is 1.97 bits per heavy atom. The van der Waals surface area contributed by atoms with Gasteiger partial charge < -0.3 is 4.74 Å². The summed E-state index contributed by atoms with van der Waals surface area (Å²) >= 11 is 1.57. The van der Waals surface area contributed by atoms with Crippen LogP contribution in [0.1, 0.15) is 27.9 Å². The lowest BCUT2D eigenvalue weighted by atomic mass is 10.1. The number of ether oxygens (including phenoxy) is 1. The highest BCUT2D eigenvalue weighted by atomic mass is 32.1. The summed E-state index contributed by atoms with van der Waals surface area (Å²) in [7, 11) is 0. The molecule has 0 bridgehead atoms. The maximum Gasteiger partial charge on any atom is 0.289 e. The Morgan fingerprint density at radius 3 is 2.77 bits per heavy atom. The molecule has 0 unspecified atom stereocenters. The molecule has 0 saturated carbocycles. The van der Waals surface area contributed by atoms with Gasteiger partial charge in [0.1, 0.15) is 18.1 Å². The second kappa shape index (κ2) is 9.19. The van der Waals surface area contributed by atoms with Gasteiger partial charge in [0, 0.05) is 10.4 Å². The van der Waals surface area contributed by atoms with E-state index in [1.807, 2.05) is 79.0 Å². The fourth-order valence-corrected chi connectivity index (χ4v) is 3.48. The fourth-order valence-electron chi connectivity index (χ4n) is 2.81. The number of H-pyrrole nitrogens is 1. The number of carbonyl (C=O) groups is 1. The molecular weight excluding hydrogens is 396 g/mol. The maximum absolute atomic E-state index is 12.4. The zero-order valence-electron chi connectivity index (χ0n) is 16.3. The Bertz CT molecular complexity index is 1150. The summed E-state index contributed by atoms with van der Waals surface area (Å²) in [6.07, 6.45) is 0. The second-order valence-electron chi connectivity index (χ2n) is 6.58. The van der Waals surface area contributed by atoms with E-state index in [1.165, 1.54) is 0 Å². The van der Waals surface area contributed by atoms with E-state index < -0.39 is 0 Å². The van der Waals surface area contributed by atoms with Crippen LogP contribution in [0.4, 0.5) is 0 Å². The van der Waals surface area contributed by atoms with Crippen molar-refractivity contribution in [3.8, 4) is 17.0 Å². The van der Waals surface area contributed by atoms with Crippen molar-refractivity contribution in [1.29, 1.82) is 0 Å². The minimum absolute atomic E-state index is 0.336. The third-order valence-electron chi connectivity index (χ3n) is 4.40. The van der Waals surface area contributed by atoms with Crippen LogP contribution in [0.3, 0.4) is 0 Å². The van der Waals surface area contributed by atoms with Crippen molar-refractivity contribution in [1.82, 2.24) is 15.6 Å². The van der Waals surface area contributed by atoms with Crippen LogP contribution < -0.4 is 10.2 Å². The molecule has 0 aliphatic rings. The minimum Gasteiger partial charge on any atom is -0.489 e. The molecule has 0 aliphatic carbocycles. The van der Waals surface area contributed by atoms with Crippen LogP contribution in [0.5, 0.6) is 5.75 Å². The Morgan fingerprint density at radius 1 is 1.10 bits per heavy atom. The topological polar surface area (TPSA) is 79.4 Å². The molecule has 4 rings (SSSR count). The monoisotopic (exact) mass is 416 g/mol. The summed E-state index contributed by atoms with van der Waals surface area (Å²) in [5.41, 5.74) is 6.26. The van der Waals surface area contributed by atoms with Gasteiger partial charge in [-0.05, 0) is 42.1 Å². The number of aromatic amines is 1. The summed E-state index contributed by atoms with van der Waals surface area (Å²) in [5, 5.41) is 13.1. The molecule has 0 radical (unpaired) electrons.